The highest BCUT2D eigenvalue weighted by atomic mass is 16.6. The summed E-state index contributed by atoms with van der Waals surface area (Å²) in [5.74, 6) is -2.29. The molecule has 0 bridgehead atoms. The number of hydrogen-bond donors (Lipinski definition) is 1. The van der Waals surface area contributed by atoms with Gasteiger partial charge in [-0.25, -0.2) is 0 Å². The number of nitrogens with one attached hydrogen (secondary N) is 1. The van der Waals surface area contributed by atoms with E-state index in [2.05, 4.69) is 5.32 Å². The van der Waals surface area contributed by atoms with Crippen LogP contribution in [0.15, 0.2) is 60.7 Å². The van der Waals surface area contributed by atoms with Gasteiger partial charge < -0.3 is 14.8 Å². The number of rotatable bonds is 8. The van der Waals surface area contributed by atoms with Gasteiger partial charge in [-0.3, -0.25) is 9.59 Å². The minimum Gasteiger partial charge on any atom is -0.465 e. The van der Waals surface area contributed by atoms with Gasteiger partial charge in [0.1, 0.15) is 0 Å². The third-order valence-corrected chi connectivity index (χ3v) is 3.67. The number of carbonyl (C=O) groups excluding carboxylic acids is 2. The molecule has 0 spiro atoms. The van der Waals surface area contributed by atoms with Crippen molar-refractivity contribution in [3.63, 3.8) is 0 Å². The van der Waals surface area contributed by atoms with Gasteiger partial charge in [0.25, 0.3) is 0 Å². The Balaban J connectivity index is 2.41. The molecule has 25 heavy (non-hydrogen) atoms. The Morgan fingerprint density at radius 1 is 0.840 bits per heavy atom. The predicted molar refractivity (Wildman–Crippen MR) is 96.0 cm³/mol. The minimum atomic E-state index is -1.09. The lowest BCUT2D eigenvalue weighted by Gasteiger charge is -2.26. The van der Waals surface area contributed by atoms with Gasteiger partial charge >= 0.3 is 11.9 Å². The second-order valence-corrected chi connectivity index (χ2v) is 5.38. The zero-order chi connectivity index (χ0) is 18.1. The standard InChI is InChI=1S/C20H23NO4/c1-3-24-19(22)17(20(23)25-4-2)18(15-11-7-5-8-12-15)21-16-13-9-6-10-14-16/h5-14,17-18,21H,3-4H2,1-2H3/t18-/m1/s1. The molecule has 0 fully saturated rings. The molecule has 0 heterocycles. The number of ether oxygens (including phenoxy) is 2. The summed E-state index contributed by atoms with van der Waals surface area (Å²) >= 11 is 0. The Morgan fingerprint density at radius 2 is 1.32 bits per heavy atom. The maximum absolute atomic E-state index is 12.5. The van der Waals surface area contributed by atoms with Crippen LogP contribution >= 0.6 is 0 Å². The first-order valence-electron chi connectivity index (χ1n) is 8.37. The molecular weight excluding hydrogens is 318 g/mol. The fourth-order valence-electron chi connectivity index (χ4n) is 2.57. The summed E-state index contributed by atoms with van der Waals surface area (Å²) in [5, 5.41) is 3.27. The minimum absolute atomic E-state index is 0.196. The zero-order valence-electron chi connectivity index (χ0n) is 14.5. The third kappa shape index (κ3) is 5.08. The lowest BCUT2D eigenvalue weighted by Crippen LogP contribution is -2.36. The molecule has 0 saturated heterocycles. The highest BCUT2D eigenvalue weighted by Crippen LogP contribution is 2.29. The summed E-state index contributed by atoms with van der Waals surface area (Å²) in [6.07, 6.45) is 0. The number of benzene rings is 2. The van der Waals surface area contributed by atoms with E-state index in [-0.39, 0.29) is 13.2 Å². The van der Waals surface area contributed by atoms with Gasteiger partial charge in [-0.2, -0.15) is 0 Å². The second-order valence-electron chi connectivity index (χ2n) is 5.38. The van der Waals surface area contributed by atoms with Crippen LogP contribution in [0.3, 0.4) is 0 Å². The molecule has 0 amide bonds. The van der Waals surface area contributed by atoms with Crippen LogP contribution in [0.1, 0.15) is 25.5 Å². The fraction of sp³-hybridized carbons (Fsp3) is 0.300. The normalized spacial score (nSPS) is 11.6. The molecular formula is C20H23NO4. The van der Waals surface area contributed by atoms with E-state index >= 15 is 0 Å². The van der Waals surface area contributed by atoms with Crippen LogP contribution in [0.2, 0.25) is 0 Å². The van der Waals surface area contributed by atoms with E-state index < -0.39 is 23.9 Å². The van der Waals surface area contributed by atoms with Gasteiger partial charge in [0.2, 0.25) is 0 Å². The van der Waals surface area contributed by atoms with E-state index in [4.69, 9.17) is 9.47 Å². The van der Waals surface area contributed by atoms with Gasteiger partial charge in [0.15, 0.2) is 5.92 Å². The average molecular weight is 341 g/mol. The molecule has 5 nitrogen and oxygen atoms in total. The number of hydrogen-bond acceptors (Lipinski definition) is 5. The molecule has 0 aromatic heterocycles. The average Bonchev–Trinajstić information content (AvgIpc) is 2.63. The zero-order valence-corrected chi connectivity index (χ0v) is 14.5. The molecule has 0 unspecified atom stereocenters. The topological polar surface area (TPSA) is 64.6 Å². The van der Waals surface area contributed by atoms with Gasteiger partial charge in [-0.15, -0.1) is 0 Å². The van der Waals surface area contributed by atoms with Crippen molar-refractivity contribution in [2.45, 2.75) is 19.9 Å². The van der Waals surface area contributed by atoms with E-state index in [0.717, 1.165) is 11.3 Å². The van der Waals surface area contributed by atoms with E-state index in [0.29, 0.717) is 0 Å². The summed E-state index contributed by atoms with van der Waals surface area (Å²) in [6.45, 7) is 3.81. The molecule has 0 aliphatic heterocycles. The molecule has 0 saturated carbocycles. The van der Waals surface area contributed by atoms with Crippen molar-refractivity contribution in [2.24, 2.45) is 5.92 Å². The smallest absolute Gasteiger partial charge is 0.322 e. The van der Waals surface area contributed by atoms with Crippen molar-refractivity contribution in [3.8, 4) is 0 Å². The number of esters is 2. The number of anilines is 1. The SMILES string of the molecule is CCOC(=O)C(C(=O)OCC)[C@H](Nc1ccccc1)c1ccccc1. The molecule has 0 aliphatic carbocycles. The van der Waals surface area contributed by atoms with Gasteiger partial charge in [-0.05, 0) is 31.5 Å². The predicted octanol–water partition coefficient (Wildman–Crippen LogP) is 3.58. The molecule has 5 heteroatoms. The van der Waals surface area contributed by atoms with E-state index in [1.54, 1.807) is 13.8 Å². The van der Waals surface area contributed by atoms with Gasteiger partial charge in [0, 0.05) is 5.69 Å². The van der Waals surface area contributed by atoms with Crippen LogP contribution in [0.25, 0.3) is 0 Å². The second kappa shape index (κ2) is 9.47. The van der Waals surface area contributed by atoms with Crippen molar-refractivity contribution in [3.05, 3.63) is 66.2 Å². The Hall–Kier alpha value is -2.82. The molecule has 2 rings (SSSR count). The Labute approximate surface area is 148 Å². The van der Waals surface area contributed by atoms with E-state index in [1.807, 2.05) is 60.7 Å². The van der Waals surface area contributed by atoms with Crippen LogP contribution in [0, 0.1) is 5.92 Å². The van der Waals surface area contributed by atoms with Crippen molar-refractivity contribution < 1.29 is 19.1 Å². The summed E-state index contributed by atoms with van der Waals surface area (Å²) < 4.78 is 10.3. The van der Waals surface area contributed by atoms with Crippen LogP contribution in [-0.4, -0.2) is 25.2 Å². The van der Waals surface area contributed by atoms with Crippen LogP contribution in [-0.2, 0) is 19.1 Å². The maximum atomic E-state index is 12.5. The van der Waals surface area contributed by atoms with Crippen LogP contribution < -0.4 is 5.32 Å². The Bertz CT molecular complexity index is 655. The third-order valence-electron chi connectivity index (χ3n) is 3.67. The quantitative estimate of drug-likeness (QED) is 0.587. The highest BCUT2D eigenvalue weighted by molar-refractivity contribution is 5.96. The molecule has 1 atom stereocenters. The largest absolute Gasteiger partial charge is 0.465 e. The Kier molecular flexibility index (Phi) is 7.01. The van der Waals surface area contributed by atoms with Crippen molar-refractivity contribution in [1.29, 1.82) is 0 Å². The first kappa shape index (κ1) is 18.5. The molecule has 2 aromatic carbocycles. The van der Waals surface area contributed by atoms with Crippen LogP contribution in [0.5, 0.6) is 0 Å². The van der Waals surface area contributed by atoms with Crippen molar-refractivity contribution in [1.82, 2.24) is 0 Å². The summed E-state index contributed by atoms with van der Waals surface area (Å²) in [5.41, 5.74) is 1.60. The summed E-state index contributed by atoms with van der Waals surface area (Å²) in [4.78, 5) is 25.0. The highest BCUT2D eigenvalue weighted by Gasteiger charge is 2.38. The van der Waals surface area contributed by atoms with Crippen molar-refractivity contribution in [2.75, 3.05) is 18.5 Å². The summed E-state index contributed by atoms with van der Waals surface area (Å²) in [6, 6.07) is 18.2. The van der Waals surface area contributed by atoms with Crippen LogP contribution in [0.4, 0.5) is 5.69 Å². The molecule has 1 N–H and O–H groups in total. The maximum Gasteiger partial charge on any atom is 0.322 e. The van der Waals surface area contributed by atoms with Gasteiger partial charge in [-0.1, -0.05) is 48.5 Å². The number of para-hydroxylation sites is 1. The molecule has 2 aromatic rings. The molecule has 0 radical (unpaired) electrons. The lowest BCUT2D eigenvalue weighted by atomic mass is 9.92. The van der Waals surface area contributed by atoms with Crippen molar-refractivity contribution >= 4 is 17.6 Å². The van der Waals surface area contributed by atoms with E-state index in [9.17, 15) is 9.59 Å². The first-order valence-corrected chi connectivity index (χ1v) is 8.37. The molecule has 0 aliphatic rings. The van der Waals surface area contributed by atoms with Gasteiger partial charge in [0.05, 0.1) is 19.3 Å². The fourth-order valence-corrected chi connectivity index (χ4v) is 2.57. The molecule has 132 valence electrons. The van der Waals surface area contributed by atoms with E-state index in [1.165, 1.54) is 0 Å². The Morgan fingerprint density at radius 3 is 1.80 bits per heavy atom. The lowest BCUT2D eigenvalue weighted by molar-refractivity contribution is -0.162. The first-order chi connectivity index (χ1) is 12.2. The summed E-state index contributed by atoms with van der Waals surface area (Å²) in [7, 11) is 0. The monoisotopic (exact) mass is 341 g/mol. The number of carbonyl (C=O) groups is 2.